The first-order valence-corrected chi connectivity index (χ1v) is 8.58. The number of aryl methyl sites for hydroxylation is 2. The average molecular weight is 343 g/mol. The zero-order valence-electron chi connectivity index (χ0n) is 16.0. The van der Waals surface area contributed by atoms with Crippen molar-refractivity contribution >= 4 is 0 Å². The second-order valence-electron chi connectivity index (χ2n) is 6.40. The molecule has 2 aromatic rings. The van der Waals surface area contributed by atoms with Crippen LogP contribution < -0.4 is 14.2 Å². The Labute approximate surface area is 151 Å². The first-order chi connectivity index (χ1) is 12.1. The third-order valence-electron chi connectivity index (χ3n) is 4.30. The first-order valence-electron chi connectivity index (χ1n) is 8.58. The summed E-state index contributed by atoms with van der Waals surface area (Å²) in [5.41, 5.74) is 3.89. The Morgan fingerprint density at radius 1 is 0.680 bits per heavy atom. The largest absolute Gasteiger partial charge is 0.493 e. The summed E-state index contributed by atoms with van der Waals surface area (Å²) in [4.78, 5) is 2.21. The monoisotopic (exact) mass is 343 g/mol. The quantitative estimate of drug-likeness (QED) is 0.696. The molecular weight excluding hydrogens is 314 g/mol. The minimum atomic E-state index is 0.638. The van der Waals surface area contributed by atoms with Gasteiger partial charge in [-0.1, -0.05) is 24.3 Å². The van der Waals surface area contributed by atoms with Crippen LogP contribution in [0.5, 0.6) is 17.2 Å². The lowest BCUT2D eigenvalue weighted by molar-refractivity contribution is 0.324. The van der Waals surface area contributed by atoms with Gasteiger partial charge in [0, 0.05) is 6.54 Å². The zero-order chi connectivity index (χ0) is 18.2. The maximum atomic E-state index is 5.42. The Hall–Kier alpha value is -2.20. The van der Waals surface area contributed by atoms with E-state index in [0.717, 1.165) is 25.8 Å². The van der Waals surface area contributed by atoms with Crippen molar-refractivity contribution in [1.29, 1.82) is 0 Å². The highest BCUT2D eigenvalue weighted by Crippen LogP contribution is 2.38. The van der Waals surface area contributed by atoms with Gasteiger partial charge >= 0.3 is 0 Å². The minimum absolute atomic E-state index is 0.638. The van der Waals surface area contributed by atoms with Gasteiger partial charge in [-0.2, -0.15) is 0 Å². The number of nitrogens with zero attached hydrogens (tertiary/aromatic N) is 1. The molecule has 25 heavy (non-hydrogen) atoms. The van der Waals surface area contributed by atoms with Crippen molar-refractivity contribution in [2.24, 2.45) is 0 Å². The Morgan fingerprint density at radius 2 is 1.16 bits per heavy atom. The van der Waals surface area contributed by atoms with E-state index in [2.05, 4.69) is 43.3 Å². The summed E-state index contributed by atoms with van der Waals surface area (Å²) in [5, 5.41) is 0. The first kappa shape index (κ1) is 19.1. The molecule has 136 valence electrons. The van der Waals surface area contributed by atoms with Crippen molar-refractivity contribution in [3.63, 3.8) is 0 Å². The van der Waals surface area contributed by atoms with Crippen LogP contribution >= 0.6 is 0 Å². The van der Waals surface area contributed by atoms with Crippen LogP contribution in [0.2, 0.25) is 0 Å². The predicted molar refractivity (Wildman–Crippen MR) is 102 cm³/mol. The molecule has 0 N–H and O–H groups in total. The van der Waals surface area contributed by atoms with E-state index >= 15 is 0 Å². The molecule has 2 rings (SSSR count). The van der Waals surface area contributed by atoms with Crippen molar-refractivity contribution in [3.05, 3.63) is 53.1 Å². The van der Waals surface area contributed by atoms with Gasteiger partial charge in [0.15, 0.2) is 11.5 Å². The molecule has 4 nitrogen and oxygen atoms in total. The van der Waals surface area contributed by atoms with Gasteiger partial charge in [0.1, 0.15) is 0 Å². The molecule has 0 heterocycles. The third-order valence-corrected chi connectivity index (χ3v) is 4.30. The summed E-state index contributed by atoms with van der Waals surface area (Å²) in [7, 11) is 9.12. The van der Waals surface area contributed by atoms with Crippen molar-refractivity contribution in [1.82, 2.24) is 4.90 Å². The van der Waals surface area contributed by atoms with Gasteiger partial charge < -0.3 is 19.1 Å². The summed E-state index contributed by atoms with van der Waals surface area (Å²) in [6, 6.07) is 13.0. The van der Waals surface area contributed by atoms with E-state index in [9.17, 15) is 0 Å². The number of rotatable bonds is 9. The van der Waals surface area contributed by atoms with E-state index in [-0.39, 0.29) is 0 Å². The van der Waals surface area contributed by atoms with Crippen LogP contribution in [0.4, 0.5) is 0 Å². The second kappa shape index (κ2) is 9.33. The van der Waals surface area contributed by atoms with E-state index in [4.69, 9.17) is 14.2 Å². The third kappa shape index (κ3) is 5.40. The Bertz CT molecular complexity index is 640. The highest BCUT2D eigenvalue weighted by molar-refractivity contribution is 5.54. The number of hydrogen-bond acceptors (Lipinski definition) is 4. The second-order valence-corrected chi connectivity index (χ2v) is 6.40. The van der Waals surface area contributed by atoms with Crippen LogP contribution in [0, 0.1) is 0 Å². The van der Waals surface area contributed by atoms with Gasteiger partial charge in [0.2, 0.25) is 5.75 Å². The van der Waals surface area contributed by atoms with Gasteiger partial charge in [-0.3, -0.25) is 0 Å². The fourth-order valence-electron chi connectivity index (χ4n) is 2.79. The summed E-state index contributed by atoms with van der Waals surface area (Å²) in [5.74, 6) is 2.05. The van der Waals surface area contributed by atoms with E-state index in [1.54, 1.807) is 21.3 Å². The van der Waals surface area contributed by atoms with E-state index < -0.39 is 0 Å². The van der Waals surface area contributed by atoms with Crippen LogP contribution in [-0.2, 0) is 19.3 Å². The molecule has 0 aromatic heterocycles. The molecule has 2 aromatic carbocycles. The molecule has 0 fully saturated rings. The molecule has 0 aliphatic heterocycles. The molecule has 4 heteroatoms. The number of likely N-dealkylation sites (N-methyl/N-ethyl adjacent to an activating group) is 1. The summed E-state index contributed by atoms with van der Waals surface area (Å²) in [6.07, 6.45) is 2.99. The standard InChI is InChI=1S/C21H29NO3/c1-22(2)13-12-17-8-6-16(7-9-17)10-11-18-14-19(23-3)21(25-5)20(15-18)24-4/h6-9,14-15H,10-13H2,1-5H3. The van der Waals surface area contributed by atoms with Crippen LogP contribution in [0.3, 0.4) is 0 Å². The topological polar surface area (TPSA) is 30.9 Å². The zero-order valence-corrected chi connectivity index (χ0v) is 16.0. The average Bonchev–Trinajstić information content (AvgIpc) is 2.64. The lowest BCUT2D eigenvalue weighted by Crippen LogP contribution is -2.14. The molecule has 0 saturated heterocycles. The number of hydrogen-bond donors (Lipinski definition) is 0. The van der Waals surface area contributed by atoms with Crippen molar-refractivity contribution in [2.45, 2.75) is 19.3 Å². The number of methoxy groups -OCH3 is 3. The highest BCUT2D eigenvalue weighted by atomic mass is 16.5. The molecule has 0 bridgehead atoms. The van der Waals surface area contributed by atoms with Crippen molar-refractivity contribution < 1.29 is 14.2 Å². The Morgan fingerprint density at radius 3 is 1.60 bits per heavy atom. The van der Waals surface area contributed by atoms with Crippen LogP contribution in [0.1, 0.15) is 16.7 Å². The molecule has 0 atom stereocenters. The van der Waals surface area contributed by atoms with Crippen LogP contribution in [0.25, 0.3) is 0 Å². The number of benzene rings is 2. The van der Waals surface area contributed by atoms with Gasteiger partial charge in [-0.15, -0.1) is 0 Å². The van der Waals surface area contributed by atoms with Crippen LogP contribution in [-0.4, -0.2) is 46.9 Å². The van der Waals surface area contributed by atoms with Gasteiger partial charge in [-0.05, 0) is 62.2 Å². The predicted octanol–water partition coefficient (Wildman–Crippen LogP) is 3.60. The van der Waals surface area contributed by atoms with E-state index in [0.29, 0.717) is 17.2 Å². The number of ether oxygens (including phenoxy) is 3. The van der Waals surface area contributed by atoms with Crippen molar-refractivity contribution in [3.8, 4) is 17.2 Å². The van der Waals surface area contributed by atoms with Gasteiger partial charge in [0.05, 0.1) is 21.3 Å². The molecule has 0 aliphatic carbocycles. The Kier molecular flexibility index (Phi) is 7.14. The fourth-order valence-corrected chi connectivity index (χ4v) is 2.79. The lowest BCUT2D eigenvalue weighted by Gasteiger charge is -2.14. The fraction of sp³-hybridized carbons (Fsp3) is 0.429. The van der Waals surface area contributed by atoms with Gasteiger partial charge in [0.25, 0.3) is 0 Å². The summed E-state index contributed by atoms with van der Waals surface area (Å²) < 4.78 is 16.2. The highest BCUT2D eigenvalue weighted by Gasteiger charge is 2.13. The Balaban J connectivity index is 2.03. The molecule has 0 amide bonds. The summed E-state index contributed by atoms with van der Waals surface area (Å²) in [6.45, 7) is 1.07. The molecule has 0 saturated carbocycles. The maximum absolute atomic E-state index is 5.42. The molecular formula is C21H29NO3. The normalized spacial score (nSPS) is 10.8. The van der Waals surface area contributed by atoms with Crippen molar-refractivity contribution in [2.75, 3.05) is 42.0 Å². The molecule has 0 radical (unpaired) electrons. The smallest absolute Gasteiger partial charge is 0.203 e. The van der Waals surface area contributed by atoms with Gasteiger partial charge in [-0.25, -0.2) is 0 Å². The van der Waals surface area contributed by atoms with Crippen LogP contribution in [0.15, 0.2) is 36.4 Å². The van der Waals surface area contributed by atoms with E-state index in [1.165, 1.54) is 16.7 Å². The SMILES string of the molecule is COc1cc(CCc2ccc(CCN(C)C)cc2)cc(OC)c1OC. The summed E-state index contributed by atoms with van der Waals surface area (Å²) >= 11 is 0. The molecule has 0 unspecified atom stereocenters. The maximum Gasteiger partial charge on any atom is 0.203 e. The molecule has 0 aliphatic rings. The lowest BCUT2D eigenvalue weighted by atomic mass is 10.0. The van der Waals surface area contributed by atoms with E-state index in [1.807, 2.05) is 12.1 Å². The minimum Gasteiger partial charge on any atom is -0.493 e. The molecule has 0 spiro atoms.